The number of hydrogen-bond donors (Lipinski definition) is 3. The van der Waals surface area contributed by atoms with Crippen LogP contribution in [-0.4, -0.2) is 51.1 Å². The second kappa shape index (κ2) is 7.75. The van der Waals surface area contributed by atoms with Gasteiger partial charge in [-0.25, -0.2) is 14.8 Å². The smallest absolute Gasteiger partial charge is 0.343 e. The number of carbonyl (C=O) groups excluding carboxylic acids is 1. The van der Waals surface area contributed by atoms with Crippen molar-refractivity contribution in [2.45, 2.75) is 51.2 Å². The first kappa shape index (κ1) is 22.3. The lowest BCUT2D eigenvalue weighted by atomic mass is 9.45. The Hall–Kier alpha value is -2.55. The number of nitrogens with two attached hydrogens (primary N) is 1. The zero-order chi connectivity index (χ0) is 23.4. The Morgan fingerprint density at radius 2 is 1.97 bits per heavy atom. The first-order valence-corrected chi connectivity index (χ1v) is 11.5. The Morgan fingerprint density at radius 1 is 1.24 bits per heavy atom. The quantitative estimate of drug-likeness (QED) is 0.468. The lowest BCUT2D eigenvalue weighted by molar-refractivity contribution is -0.167. The van der Waals surface area contributed by atoms with Crippen LogP contribution in [0.1, 0.15) is 45.1 Å². The van der Waals surface area contributed by atoms with E-state index in [-0.39, 0.29) is 35.4 Å². The van der Waals surface area contributed by atoms with Crippen LogP contribution in [0.15, 0.2) is 42.0 Å². The number of aliphatic hydroxyl groups is 2. The molecule has 1 spiro atoms. The molecule has 5 rings (SSSR count). The number of aromatic nitrogens is 2. The van der Waals surface area contributed by atoms with Crippen LogP contribution in [0.5, 0.6) is 0 Å². The van der Waals surface area contributed by atoms with E-state index in [1.807, 2.05) is 13.0 Å². The van der Waals surface area contributed by atoms with Crippen LogP contribution >= 0.6 is 0 Å². The lowest BCUT2D eigenvalue weighted by Crippen LogP contribution is -2.60. The van der Waals surface area contributed by atoms with E-state index in [1.165, 1.54) is 0 Å². The van der Waals surface area contributed by atoms with Gasteiger partial charge in [-0.2, -0.15) is 0 Å². The summed E-state index contributed by atoms with van der Waals surface area (Å²) in [6, 6.07) is 0. The van der Waals surface area contributed by atoms with E-state index >= 15 is 0 Å². The fraction of sp³-hybridized carbons (Fsp3) is 0.560. The summed E-state index contributed by atoms with van der Waals surface area (Å²) in [6.07, 6.45) is 13.2. The molecule has 0 aromatic carbocycles. The SMILES string of the molecule is C[C@]12CC[C@@H](O)[C@@](C)(CO)C1CCC1(CO1)C2C=CC1=CC(=Cc2cnc(N)nc2)OC1=O. The number of hydrogen-bond acceptors (Lipinski definition) is 8. The van der Waals surface area contributed by atoms with Crippen LogP contribution in [0, 0.1) is 22.7 Å². The molecule has 8 nitrogen and oxygen atoms in total. The van der Waals surface area contributed by atoms with Crippen molar-refractivity contribution in [3.8, 4) is 0 Å². The summed E-state index contributed by atoms with van der Waals surface area (Å²) in [5.74, 6) is 0.439. The van der Waals surface area contributed by atoms with Crippen molar-refractivity contribution < 1.29 is 24.5 Å². The minimum absolute atomic E-state index is 0.0425. The van der Waals surface area contributed by atoms with Crippen molar-refractivity contribution in [2.24, 2.45) is 22.7 Å². The van der Waals surface area contributed by atoms with E-state index in [2.05, 4.69) is 23.0 Å². The molecule has 33 heavy (non-hydrogen) atoms. The first-order valence-electron chi connectivity index (χ1n) is 11.5. The standard InChI is InChI=1S/C25H31N3O5/c1-23-7-6-20(30)24(2,13-29)18(23)5-8-25(14-32-25)19(23)4-3-16-10-17(33-21(16)31)9-15-11-27-22(26)28-12-15/h3-4,9-12,18-20,29-30H,5-8,13-14H2,1-2H3,(H2,26,27,28)/t18?,19?,20-,23+,24+,25?/m1/s1. The van der Waals surface area contributed by atoms with Gasteiger partial charge in [0, 0.05) is 29.3 Å². The number of aliphatic hydroxyl groups excluding tert-OH is 2. The molecule has 0 radical (unpaired) electrons. The fourth-order valence-electron chi connectivity index (χ4n) is 6.52. The molecular weight excluding hydrogens is 422 g/mol. The molecule has 2 aliphatic heterocycles. The molecule has 1 saturated heterocycles. The third-order valence-electron chi connectivity index (χ3n) is 8.51. The molecule has 3 fully saturated rings. The summed E-state index contributed by atoms with van der Waals surface area (Å²) in [6.45, 7) is 4.91. The van der Waals surface area contributed by atoms with Gasteiger partial charge in [0.1, 0.15) is 5.76 Å². The van der Waals surface area contributed by atoms with Crippen molar-refractivity contribution in [2.75, 3.05) is 18.9 Å². The zero-order valence-corrected chi connectivity index (χ0v) is 19.0. The van der Waals surface area contributed by atoms with Gasteiger partial charge in [-0.3, -0.25) is 0 Å². The number of epoxide rings is 1. The predicted molar refractivity (Wildman–Crippen MR) is 121 cm³/mol. The van der Waals surface area contributed by atoms with E-state index in [1.54, 1.807) is 24.5 Å². The third kappa shape index (κ3) is 3.61. The zero-order valence-electron chi connectivity index (χ0n) is 19.0. The molecule has 4 aliphatic rings. The minimum Gasteiger partial charge on any atom is -0.423 e. The fourth-order valence-corrected chi connectivity index (χ4v) is 6.52. The number of allylic oxidation sites excluding steroid dienone is 1. The highest BCUT2D eigenvalue weighted by atomic mass is 16.6. The second-order valence-electron chi connectivity index (χ2n) is 10.4. The van der Waals surface area contributed by atoms with Crippen LogP contribution in [0.25, 0.3) is 6.08 Å². The van der Waals surface area contributed by atoms with Gasteiger partial charge < -0.3 is 25.4 Å². The number of fused-ring (bicyclic) bond motifs is 1. The molecule has 0 amide bonds. The van der Waals surface area contributed by atoms with Crippen LogP contribution in [0.2, 0.25) is 0 Å². The Labute approximate surface area is 193 Å². The molecule has 2 aliphatic carbocycles. The molecule has 3 unspecified atom stereocenters. The molecule has 1 aromatic rings. The van der Waals surface area contributed by atoms with Gasteiger partial charge in [0.15, 0.2) is 0 Å². The highest BCUT2D eigenvalue weighted by Gasteiger charge is 2.66. The largest absolute Gasteiger partial charge is 0.423 e. The van der Waals surface area contributed by atoms with Crippen molar-refractivity contribution in [3.05, 3.63) is 47.5 Å². The highest BCUT2D eigenvalue weighted by molar-refractivity contribution is 5.96. The Balaban J connectivity index is 1.43. The summed E-state index contributed by atoms with van der Waals surface area (Å²) in [7, 11) is 0. The Bertz CT molecular complexity index is 1040. The average molecular weight is 454 g/mol. The number of carbonyl (C=O) groups is 1. The minimum atomic E-state index is -0.543. The van der Waals surface area contributed by atoms with E-state index in [0.717, 1.165) is 19.3 Å². The van der Waals surface area contributed by atoms with Gasteiger partial charge >= 0.3 is 5.97 Å². The van der Waals surface area contributed by atoms with Crippen LogP contribution in [-0.2, 0) is 14.3 Å². The molecule has 0 bridgehead atoms. The number of cyclic esters (lactones) is 1. The predicted octanol–water partition coefficient (Wildman–Crippen LogP) is 2.39. The molecular formula is C25H31N3O5. The van der Waals surface area contributed by atoms with E-state index in [9.17, 15) is 15.0 Å². The molecule has 176 valence electrons. The van der Waals surface area contributed by atoms with Crippen molar-refractivity contribution in [1.29, 1.82) is 0 Å². The van der Waals surface area contributed by atoms with Gasteiger partial charge in [0.05, 0.1) is 30.5 Å². The summed E-state index contributed by atoms with van der Waals surface area (Å²) in [4.78, 5) is 20.4. The number of anilines is 1. The second-order valence-corrected chi connectivity index (χ2v) is 10.4. The van der Waals surface area contributed by atoms with Gasteiger partial charge in [0.25, 0.3) is 0 Å². The van der Waals surface area contributed by atoms with Crippen LogP contribution < -0.4 is 5.73 Å². The maximum absolute atomic E-state index is 12.5. The third-order valence-corrected chi connectivity index (χ3v) is 8.51. The molecule has 1 aromatic heterocycles. The van der Waals surface area contributed by atoms with E-state index < -0.39 is 17.5 Å². The molecule has 3 heterocycles. The topological polar surface area (TPSA) is 131 Å². The maximum atomic E-state index is 12.5. The highest BCUT2D eigenvalue weighted by Crippen LogP contribution is 2.65. The number of rotatable bonds is 4. The van der Waals surface area contributed by atoms with Gasteiger partial charge in [-0.15, -0.1) is 0 Å². The summed E-state index contributed by atoms with van der Waals surface area (Å²) in [5, 5.41) is 20.9. The molecule has 4 N–H and O–H groups in total. The first-order chi connectivity index (χ1) is 15.7. The Morgan fingerprint density at radius 3 is 2.64 bits per heavy atom. The molecule has 8 heteroatoms. The van der Waals surface area contributed by atoms with Crippen molar-refractivity contribution in [3.63, 3.8) is 0 Å². The lowest BCUT2D eigenvalue weighted by Gasteiger charge is -2.60. The van der Waals surface area contributed by atoms with Gasteiger partial charge in [-0.05, 0) is 49.2 Å². The van der Waals surface area contributed by atoms with E-state index in [4.69, 9.17) is 15.2 Å². The monoisotopic (exact) mass is 453 g/mol. The summed E-state index contributed by atoms with van der Waals surface area (Å²) in [5.41, 5.74) is 5.77. The van der Waals surface area contributed by atoms with E-state index in [0.29, 0.717) is 29.9 Å². The van der Waals surface area contributed by atoms with Crippen LogP contribution in [0.3, 0.4) is 0 Å². The summed E-state index contributed by atoms with van der Waals surface area (Å²) >= 11 is 0. The molecule has 2 saturated carbocycles. The van der Waals surface area contributed by atoms with Crippen molar-refractivity contribution >= 4 is 18.0 Å². The maximum Gasteiger partial charge on any atom is 0.343 e. The number of nitrogen functional groups attached to an aromatic ring is 1. The number of nitrogens with zero attached hydrogens (tertiary/aromatic N) is 2. The molecule has 6 atom stereocenters. The number of esters is 1. The van der Waals surface area contributed by atoms with Gasteiger partial charge in [0.2, 0.25) is 5.95 Å². The van der Waals surface area contributed by atoms with Crippen molar-refractivity contribution in [1.82, 2.24) is 9.97 Å². The van der Waals surface area contributed by atoms with Crippen LogP contribution in [0.4, 0.5) is 5.95 Å². The normalized spacial score (nSPS) is 41.3. The number of ether oxygens (including phenoxy) is 2. The Kier molecular flexibility index (Phi) is 5.23. The average Bonchev–Trinajstić information content (AvgIpc) is 3.47. The summed E-state index contributed by atoms with van der Waals surface area (Å²) < 4.78 is 11.4. The van der Waals surface area contributed by atoms with Gasteiger partial charge in [-0.1, -0.05) is 26.0 Å².